The number of carbonyl (C=O) groups is 1. The summed E-state index contributed by atoms with van der Waals surface area (Å²) >= 11 is 1.22. The number of nitrogens with zero attached hydrogens (tertiary/aromatic N) is 2. The van der Waals surface area contributed by atoms with Gasteiger partial charge in [0.25, 0.3) is 0 Å². The topological polar surface area (TPSA) is 54.5 Å². The van der Waals surface area contributed by atoms with Gasteiger partial charge in [0.2, 0.25) is 5.06 Å². The Labute approximate surface area is 160 Å². The SMILES string of the molecule is Cc1nc(NC(=O)N2CCCc3ccccc32)sc1Oc1cccc(F)c1. The summed E-state index contributed by atoms with van der Waals surface area (Å²) in [6.45, 7) is 2.46. The molecule has 1 aliphatic heterocycles. The lowest BCUT2D eigenvalue weighted by molar-refractivity contribution is 0.256. The molecule has 1 aromatic heterocycles. The summed E-state index contributed by atoms with van der Waals surface area (Å²) < 4.78 is 19.0. The van der Waals surface area contributed by atoms with Crippen LogP contribution in [-0.4, -0.2) is 17.6 Å². The van der Waals surface area contributed by atoms with Crippen LogP contribution in [0.25, 0.3) is 0 Å². The Balaban J connectivity index is 1.50. The molecule has 1 aliphatic rings. The van der Waals surface area contributed by atoms with E-state index in [2.05, 4.69) is 10.3 Å². The molecule has 0 bridgehead atoms. The van der Waals surface area contributed by atoms with Crippen molar-refractivity contribution < 1.29 is 13.9 Å². The van der Waals surface area contributed by atoms with Crippen LogP contribution in [-0.2, 0) is 6.42 Å². The molecular formula is C20H18FN3O2S. The highest BCUT2D eigenvalue weighted by atomic mass is 32.1. The van der Waals surface area contributed by atoms with Crippen LogP contribution in [0, 0.1) is 12.7 Å². The number of aromatic nitrogens is 1. The lowest BCUT2D eigenvalue weighted by Gasteiger charge is -2.29. The molecule has 0 unspecified atom stereocenters. The van der Waals surface area contributed by atoms with E-state index in [1.165, 1.54) is 29.0 Å². The van der Waals surface area contributed by atoms with Crippen molar-refractivity contribution in [2.24, 2.45) is 0 Å². The molecular weight excluding hydrogens is 365 g/mol. The Kier molecular flexibility index (Phi) is 4.77. The second-order valence-corrected chi connectivity index (χ2v) is 7.23. The van der Waals surface area contributed by atoms with Crippen LogP contribution in [0.5, 0.6) is 10.8 Å². The van der Waals surface area contributed by atoms with Crippen molar-refractivity contribution in [2.75, 3.05) is 16.8 Å². The molecule has 0 aliphatic carbocycles. The molecule has 2 amide bonds. The zero-order chi connectivity index (χ0) is 18.8. The van der Waals surface area contributed by atoms with E-state index in [1.54, 1.807) is 24.0 Å². The lowest BCUT2D eigenvalue weighted by Crippen LogP contribution is -2.38. The minimum atomic E-state index is -0.369. The molecule has 138 valence electrons. The van der Waals surface area contributed by atoms with Gasteiger partial charge in [0, 0.05) is 18.3 Å². The Hall–Kier alpha value is -2.93. The molecule has 2 aromatic carbocycles. The number of aryl methyl sites for hydroxylation is 2. The van der Waals surface area contributed by atoms with Crippen molar-refractivity contribution in [3.05, 3.63) is 65.6 Å². The van der Waals surface area contributed by atoms with E-state index in [0.717, 1.165) is 18.5 Å². The monoisotopic (exact) mass is 383 g/mol. The van der Waals surface area contributed by atoms with Crippen LogP contribution in [0.2, 0.25) is 0 Å². The van der Waals surface area contributed by atoms with Gasteiger partial charge in [-0.15, -0.1) is 0 Å². The Morgan fingerprint density at radius 3 is 2.96 bits per heavy atom. The van der Waals surface area contributed by atoms with Crippen molar-refractivity contribution in [1.29, 1.82) is 0 Å². The number of para-hydroxylation sites is 1. The van der Waals surface area contributed by atoms with Crippen LogP contribution < -0.4 is 15.0 Å². The maximum atomic E-state index is 13.3. The number of urea groups is 1. The molecule has 0 fully saturated rings. The molecule has 3 aromatic rings. The second-order valence-electron chi connectivity index (χ2n) is 6.27. The van der Waals surface area contributed by atoms with Gasteiger partial charge in [0.1, 0.15) is 11.6 Å². The summed E-state index contributed by atoms with van der Waals surface area (Å²) in [4.78, 5) is 18.8. The van der Waals surface area contributed by atoms with Gasteiger partial charge in [-0.25, -0.2) is 14.2 Å². The van der Waals surface area contributed by atoms with Crippen molar-refractivity contribution in [3.63, 3.8) is 0 Å². The lowest BCUT2D eigenvalue weighted by atomic mass is 10.0. The maximum absolute atomic E-state index is 13.3. The fourth-order valence-electron chi connectivity index (χ4n) is 3.07. The number of nitrogens with one attached hydrogen (secondary N) is 1. The smallest absolute Gasteiger partial charge is 0.328 e. The molecule has 0 saturated carbocycles. The number of benzene rings is 2. The van der Waals surface area contributed by atoms with Crippen molar-refractivity contribution in [2.45, 2.75) is 19.8 Å². The number of hydrogen-bond donors (Lipinski definition) is 1. The van der Waals surface area contributed by atoms with Crippen molar-refractivity contribution in [1.82, 2.24) is 4.98 Å². The number of ether oxygens (including phenoxy) is 1. The molecule has 0 radical (unpaired) electrons. The second kappa shape index (κ2) is 7.36. The third-order valence-corrected chi connectivity index (χ3v) is 5.28. The molecule has 2 heterocycles. The van der Waals surface area contributed by atoms with E-state index in [1.807, 2.05) is 24.3 Å². The van der Waals surface area contributed by atoms with Gasteiger partial charge in [-0.3, -0.25) is 10.2 Å². The summed E-state index contributed by atoms with van der Waals surface area (Å²) in [5, 5.41) is 3.83. The summed E-state index contributed by atoms with van der Waals surface area (Å²) in [6, 6.07) is 13.6. The van der Waals surface area contributed by atoms with E-state index < -0.39 is 0 Å². The Bertz CT molecular complexity index is 989. The maximum Gasteiger partial charge on any atom is 0.328 e. The van der Waals surface area contributed by atoms with Crippen molar-refractivity contribution >= 4 is 28.2 Å². The van der Waals surface area contributed by atoms with Gasteiger partial charge in [-0.1, -0.05) is 35.6 Å². The minimum Gasteiger partial charge on any atom is -0.445 e. The fourth-order valence-corrected chi connectivity index (χ4v) is 3.90. The van der Waals surface area contributed by atoms with Crippen molar-refractivity contribution in [3.8, 4) is 10.8 Å². The zero-order valence-electron chi connectivity index (χ0n) is 14.7. The van der Waals surface area contributed by atoms with Gasteiger partial charge < -0.3 is 4.74 Å². The first-order chi connectivity index (χ1) is 13.1. The van der Waals surface area contributed by atoms with Crippen LogP contribution in [0.15, 0.2) is 48.5 Å². The number of hydrogen-bond acceptors (Lipinski definition) is 4. The first kappa shape index (κ1) is 17.5. The molecule has 7 heteroatoms. The van der Waals surface area contributed by atoms with Crippen LogP contribution in [0.4, 0.5) is 20.0 Å². The predicted octanol–water partition coefficient (Wildman–Crippen LogP) is 5.37. The number of amides is 2. The summed E-state index contributed by atoms with van der Waals surface area (Å²) in [5.74, 6) is 0.0246. The number of fused-ring (bicyclic) bond motifs is 1. The molecule has 0 atom stereocenters. The average Bonchev–Trinajstić information content (AvgIpc) is 3.00. The highest BCUT2D eigenvalue weighted by Gasteiger charge is 2.23. The van der Waals surface area contributed by atoms with Crippen LogP contribution in [0.3, 0.4) is 0 Å². The Morgan fingerprint density at radius 2 is 2.11 bits per heavy atom. The van der Waals surface area contributed by atoms with Gasteiger partial charge in [-0.2, -0.15) is 0 Å². The van der Waals surface area contributed by atoms with E-state index in [9.17, 15) is 9.18 Å². The normalized spacial score (nSPS) is 13.2. The van der Waals surface area contributed by atoms with E-state index in [-0.39, 0.29) is 11.8 Å². The fraction of sp³-hybridized carbons (Fsp3) is 0.200. The zero-order valence-corrected chi connectivity index (χ0v) is 15.6. The summed E-state index contributed by atoms with van der Waals surface area (Å²) in [5.41, 5.74) is 2.74. The number of anilines is 2. The molecule has 27 heavy (non-hydrogen) atoms. The Morgan fingerprint density at radius 1 is 1.26 bits per heavy atom. The number of thiazole rings is 1. The van der Waals surface area contributed by atoms with E-state index in [0.29, 0.717) is 28.2 Å². The standard InChI is InChI=1S/C20H18FN3O2S/c1-13-18(26-16-9-4-8-15(21)12-16)27-19(22-13)23-20(25)24-11-5-7-14-6-2-3-10-17(14)24/h2-4,6,8-10,12H,5,7,11H2,1H3,(H,22,23,25). The molecule has 4 rings (SSSR count). The van der Waals surface area contributed by atoms with Gasteiger partial charge in [0.15, 0.2) is 5.13 Å². The van der Waals surface area contributed by atoms with Gasteiger partial charge in [0.05, 0.1) is 5.69 Å². The third-order valence-electron chi connectivity index (χ3n) is 4.33. The number of rotatable bonds is 3. The average molecular weight is 383 g/mol. The molecule has 1 N–H and O–H groups in total. The van der Waals surface area contributed by atoms with Crippen LogP contribution in [0.1, 0.15) is 17.7 Å². The predicted molar refractivity (Wildman–Crippen MR) is 104 cm³/mol. The van der Waals surface area contributed by atoms with Crippen LogP contribution >= 0.6 is 11.3 Å². The molecule has 0 spiro atoms. The van der Waals surface area contributed by atoms with E-state index in [4.69, 9.17) is 4.74 Å². The highest BCUT2D eigenvalue weighted by Crippen LogP contribution is 2.35. The summed E-state index contributed by atoms with van der Waals surface area (Å²) in [7, 11) is 0. The number of halogens is 1. The minimum absolute atomic E-state index is 0.215. The number of carbonyl (C=O) groups excluding carboxylic acids is 1. The van der Waals surface area contributed by atoms with Gasteiger partial charge in [-0.05, 0) is 43.5 Å². The quantitative estimate of drug-likeness (QED) is 0.662. The largest absolute Gasteiger partial charge is 0.445 e. The first-order valence-electron chi connectivity index (χ1n) is 8.67. The molecule has 0 saturated heterocycles. The molecule has 5 nitrogen and oxygen atoms in total. The first-order valence-corrected chi connectivity index (χ1v) is 9.49. The van der Waals surface area contributed by atoms with E-state index >= 15 is 0 Å². The highest BCUT2D eigenvalue weighted by molar-refractivity contribution is 7.17. The summed E-state index contributed by atoms with van der Waals surface area (Å²) in [6.07, 6.45) is 1.90. The third kappa shape index (κ3) is 3.78. The van der Waals surface area contributed by atoms with Gasteiger partial charge >= 0.3 is 6.03 Å².